The SMILES string of the molecule is C=CCNCc1cc(OC)c(OC)cc1OC.[Cl-]. The minimum absolute atomic E-state index is 0. The largest absolute Gasteiger partial charge is 1.00 e. The van der Waals surface area contributed by atoms with E-state index in [1.54, 1.807) is 21.3 Å². The van der Waals surface area contributed by atoms with E-state index in [4.69, 9.17) is 14.2 Å². The lowest BCUT2D eigenvalue weighted by Gasteiger charge is -2.14. The summed E-state index contributed by atoms with van der Waals surface area (Å²) in [6, 6.07) is 3.73. The molecule has 0 atom stereocenters. The summed E-state index contributed by atoms with van der Waals surface area (Å²) in [4.78, 5) is 0. The van der Waals surface area contributed by atoms with E-state index in [9.17, 15) is 0 Å². The van der Waals surface area contributed by atoms with Gasteiger partial charge < -0.3 is 31.9 Å². The molecule has 0 heterocycles. The fraction of sp³-hybridized carbons (Fsp3) is 0.385. The summed E-state index contributed by atoms with van der Waals surface area (Å²) in [5.41, 5.74) is 1.02. The zero-order chi connectivity index (χ0) is 12.7. The molecular weight excluding hydrogens is 254 g/mol. The topological polar surface area (TPSA) is 39.7 Å². The Morgan fingerprint density at radius 2 is 1.61 bits per heavy atom. The van der Waals surface area contributed by atoms with E-state index in [0.717, 1.165) is 17.9 Å². The van der Waals surface area contributed by atoms with E-state index in [-0.39, 0.29) is 12.4 Å². The van der Waals surface area contributed by atoms with Crippen LogP contribution in [0.4, 0.5) is 0 Å². The molecule has 4 nitrogen and oxygen atoms in total. The number of methoxy groups -OCH3 is 3. The number of hydrogen-bond acceptors (Lipinski definition) is 4. The summed E-state index contributed by atoms with van der Waals surface area (Å²) >= 11 is 0. The first-order valence-corrected chi connectivity index (χ1v) is 5.37. The predicted molar refractivity (Wildman–Crippen MR) is 68.0 cm³/mol. The van der Waals surface area contributed by atoms with Crippen LogP contribution in [0.3, 0.4) is 0 Å². The Balaban J connectivity index is 0.00000289. The summed E-state index contributed by atoms with van der Waals surface area (Å²) in [6.45, 7) is 5.09. The van der Waals surface area contributed by atoms with E-state index in [0.29, 0.717) is 18.0 Å². The highest BCUT2D eigenvalue weighted by Gasteiger charge is 2.10. The zero-order valence-electron chi connectivity index (χ0n) is 11.0. The van der Waals surface area contributed by atoms with Crippen molar-refractivity contribution in [1.29, 1.82) is 0 Å². The molecule has 0 fully saturated rings. The number of benzene rings is 1. The monoisotopic (exact) mass is 272 g/mol. The molecule has 0 amide bonds. The fourth-order valence-electron chi connectivity index (χ4n) is 1.54. The molecular formula is C13H19ClNO3-. The van der Waals surface area contributed by atoms with Gasteiger partial charge in [-0.25, -0.2) is 0 Å². The molecule has 0 spiro atoms. The van der Waals surface area contributed by atoms with Crippen molar-refractivity contribution in [2.45, 2.75) is 6.54 Å². The summed E-state index contributed by atoms with van der Waals surface area (Å²) < 4.78 is 15.8. The second kappa shape index (κ2) is 8.66. The van der Waals surface area contributed by atoms with Gasteiger partial charge in [0.2, 0.25) is 0 Å². The molecule has 1 aromatic carbocycles. The Labute approximate surface area is 114 Å². The first-order valence-electron chi connectivity index (χ1n) is 5.37. The van der Waals surface area contributed by atoms with Crippen LogP contribution < -0.4 is 31.9 Å². The van der Waals surface area contributed by atoms with Gasteiger partial charge in [0.25, 0.3) is 0 Å². The molecule has 0 saturated heterocycles. The third-order valence-corrected chi connectivity index (χ3v) is 2.39. The van der Waals surface area contributed by atoms with Crippen LogP contribution in [0.2, 0.25) is 0 Å². The highest BCUT2D eigenvalue weighted by Crippen LogP contribution is 2.34. The van der Waals surface area contributed by atoms with Gasteiger partial charge in [0.15, 0.2) is 11.5 Å². The van der Waals surface area contributed by atoms with E-state index in [1.165, 1.54) is 0 Å². The van der Waals surface area contributed by atoms with Gasteiger partial charge >= 0.3 is 0 Å². The van der Waals surface area contributed by atoms with Crippen LogP contribution >= 0.6 is 0 Å². The van der Waals surface area contributed by atoms with E-state index in [1.807, 2.05) is 18.2 Å². The standard InChI is InChI=1S/C13H19NO3.ClH/c1-5-6-14-9-10-7-12(16-3)13(17-4)8-11(10)15-2;/h5,7-8,14H,1,6,9H2,2-4H3;1H/p-1. The molecule has 0 aromatic heterocycles. The maximum Gasteiger partial charge on any atom is 0.164 e. The van der Waals surface area contributed by atoms with Gasteiger partial charge in [-0.15, -0.1) is 6.58 Å². The smallest absolute Gasteiger partial charge is 0.164 e. The van der Waals surface area contributed by atoms with Crippen molar-refractivity contribution in [3.63, 3.8) is 0 Å². The Bertz CT molecular complexity index is 383. The lowest BCUT2D eigenvalue weighted by Crippen LogP contribution is -3.00. The van der Waals surface area contributed by atoms with E-state index < -0.39 is 0 Å². The summed E-state index contributed by atoms with van der Waals surface area (Å²) in [5, 5.41) is 3.22. The molecule has 1 aromatic rings. The Morgan fingerprint density at radius 3 is 2.11 bits per heavy atom. The van der Waals surface area contributed by atoms with Gasteiger partial charge in [-0.1, -0.05) is 6.08 Å². The summed E-state index contributed by atoms with van der Waals surface area (Å²) in [6.07, 6.45) is 1.81. The van der Waals surface area contributed by atoms with Crippen molar-refractivity contribution in [2.75, 3.05) is 27.9 Å². The molecule has 18 heavy (non-hydrogen) atoms. The van der Waals surface area contributed by atoms with Crippen molar-refractivity contribution >= 4 is 0 Å². The number of rotatable bonds is 7. The number of ether oxygens (including phenoxy) is 3. The van der Waals surface area contributed by atoms with Crippen LogP contribution in [0, 0.1) is 0 Å². The van der Waals surface area contributed by atoms with Gasteiger partial charge in [-0.2, -0.15) is 0 Å². The zero-order valence-corrected chi connectivity index (χ0v) is 11.7. The number of halogens is 1. The average molecular weight is 273 g/mol. The van der Waals surface area contributed by atoms with Crippen molar-refractivity contribution in [3.8, 4) is 17.2 Å². The summed E-state index contributed by atoms with van der Waals surface area (Å²) in [5.74, 6) is 2.14. The molecule has 0 aliphatic carbocycles. The normalized spacial score (nSPS) is 9.28. The minimum atomic E-state index is 0. The quantitative estimate of drug-likeness (QED) is 0.510. The third kappa shape index (κ3) is 4.13. The maximum absolute atomic E-state index is 5.32. The van der Waals surface area contributed by atoms with Crippen molar-refractivity contribution in [3.05, 3.63) is 30.4 Å². The molecule has 1 N–H and O–H groups in total. The molecule has 5 heteroatoms. The van der Waals surface area contributed by atoms with Crippen molar-refractivity contribution in [2.24, 2.45) is 0 Å². The second-order valence-corrected chi connectivity index (χ2v) is 3.44. The lowest BCUT2D eigenvalue weighted by atomic mass is 10.1. The third-order valence-electron chi connectivity index (χ3n) is 2.39. The minimum Gasteiger partial charge on any atom is -1.00 e. The number of hydrogen-bond donors (Lipinski definition) is 1. The molecule has 0 radical (unpaired) electrons. The van der Waals surface area contributed by atoms with Gasteiger partial charge in [-0.3, -0.25) is 0 Å². The Morgan fingerprint density at radius 1 is 1.06 bits per heavy atom. The fourth-order valence-corrected chi connectivity index (χ4v) is 1.54. The highest BCUT2D eigenvalue weighted by atomic mass is 35.5. The van der Waals surface area contributed by atoms with Gasteiger partial charge in [-0.05, 0) is 6.07 Å². The van der Waals surface area contributed by atoms with Crippen molar-refractivity contribution in [1.82, 2.24) is 5.32 Å². The van der Waals surface area contributed by atoms with Crippen LogP contribution in [0.5, 0.6) is 17.2 Å². The first kappa shape index (κ1) is 16.6. The van der Waals surface area contributed by atoms with Gasteiger partial charge in [0.1, 0.15) is 5.75 Å². The second-order valence-electron chi connectivity index (χ2n) is 3.44. The van der Waals surface area contributed by atoms with Crippen LogP contribution in [0.1, 0.15) is 5.56 Å². The molecule has 102 valence electrons. The molecule has 0 unspecified atom stereocenters. The van der Waals surface area contributed by atoms with Crippen LogP contribution in [0.25, 0.3) is 0 Å². The summed E-state index contributed by atoms with van der Waals surface area (Å²) in [7, 11) is 4.86. The number of nitrogens with one attached hydrogen (secondary N) is 1. The lowest BCUT2D eigenvalue weighted by molar-refractivity contribution is -0.00000441. The molecule has 0 bridgehead atoms. The first-order chi connectivity index (χ1) is 8.26. The van der Waals surface area contributed by atoms with Crippen LogP contribution in [-0.2, 0) is 6.54 Å². The molecule has 0 saturated carbocycles. The maximum atomic E-state index is 5.32. The van der Waals surface area contributed by atoms with Gasteiger partial charge in [0.05, 0.1) is 21.3 Å². The van der Waals surface area contributed by atoms with Crippen LogP contribution in [0.15, 0.2) is 24.8 Å². The van der Waals surface area contributed by atoms with Gasteiger partial charge in [0, 0.05) is 24.7 Å². The predicted octanol–water partition coefficient (Wildman–Crippen LogP) is -1.01. The van der Waals surface area contributed by atoms with Crippen molar-refractivity contribution < 1.29 is 26.6 Å². The molecule has 1 rings (SSSR count). The van der Waals surface area contributed by atoms with E-state index >= 15 is 0 Å². The average Bonchev–Trinajstić information content (AvgIpc) is 2.38. The van der Waals surface area contributed by atoms with E-state index in [2.05, 4.69) is 11.9 Å². The Kier molecular flexibility index (Phi) is 8.00. The molecule has 0 aliphatic heterocycles. The Hall–Kier alpha value is -1.39. The van der Waals surface area contributed by atoms with Crippen LogP contribution in [-0.4, -0.2) is 27.9 Å². The molecule has 0 aliphatic rings. The highest BCUT2D eigenvalue weighted by molar-refractivity contribution is 5.50.